The second-order valence-electron chi connectivity index (χ2n) is 7.35. The van der Waals surface area contributed by atoms with Gasteiger partial charge in [-0.05, 0) is 18.6 Å². The van der Waals surface area contributed by atoms with Gasteiger partial charge >= 0.3 is 5.97 Å². The molecule has 0 atom stereocenters. The van der Waals surface area contributed by atoms with Crippen LogP contribution in [-0.4, -0.2) is 37.2 Å². The average molecular weight is 405 g/mol. The van der Waals surface area contributed by atoms with E-state index in [2.05, 4.69) is 26.4 Å². The van der Waals surface area contributed by atoms with Crippen LogP contribution in [0.2, 0.25) is 0 Å². The summed E-state index contributed by atoms with van der Waals surface area (Å²) in [6, 6.07) is 7.99. The number of fused-ring (bicyclic) bond motifs is 2. The molecule has 4 heterocycles. The third kappa shape index (κ3) is 2.95. The predicted molar refractivity (Wildman–Crippen MR) is 109 cm³/mol. The van der Waals surface area contributed by atoms with Crippen LogP contribution in [0.25, 0.3) is 16.9 Å². The highest BCUT2D eigenvalue weighted by molar-refractivity contribution is 5.88. The maximum atomic E-state index is 11.6. The van der Waals surface area contributed by atoms with Gasteiger partial charge in [-0.25, -0.2) is 14.8 Å². The summed E-state index contributed by atoms with van der Waals surface area (Å²) in [6.07, 6.45) is 4.10. The molecule has 1 aromatic carbocycles. The van der Waals surface area contributed by atoms with E-state index in [9.17, 15) is 9.90 Å². The normalized spacial score (nSPS) is 12.7. The van der Waals surface area contributed by atoms with Gasteiger partial charge in [0, 0.05) is 37.0 Å². The quantitative estimate of drug-likeness (QED) is 0.439. The van der Waals surface area contributed by atoms with Crippen LogP contribution in [0, 0.1) is 6.92 Å². The molecule has 0 amide bonds. The SMILES string of the molecule is Cc1cc(-c2cnc(NCc3cccc4c3CCO4)n3cc(C(=O)O)nc23)[n+](C)[nH]1. The Morgan fingerprint density at radius 1 is 1.43 bits per heavy atom. The van der Waals surface area contributed by atoms with Crippen molar-refractivity contribution in [3.63, 3.8) is 0 Å². The van der Waals surface area contributed by atoms with Crippen molar-refractivity contribution in [2.24, 2.45) is 7.05 Å². The molecule has 0 radical (unpaired) electrons. The lowest BCUT2D eigenvalue weighted by atomic mass is 10.1. The number of rotatable bonds is 5. The van der Waals surface area contributed by atoms with E-state index < -0.39 is 5.97 Å². The fourth-order valence-corrected chi connectivity index (χ4v) is 3.94. The molecule has 9 nitrogen and oxygen atoms in total. The first kappa shape index (κ1) is 18.2. The highest BCUT2D eigenvalue weighted by atomic mass is 16.5. The number of carbonyl (C=O) groups is 1. The van der Waals surface area contributed by atoms with E-state index in [1.54, 1.807) is 10.6 Å². The van der Waals surface area contributed by atoms with E-state index in [1.807, 2.05) is 36.9 Å². The van der Waals surface area contributed by atoms with Gasteiger partial charge in [0.05, 0.1) is 12.3 Å². The molecule has 0 saturated heterocycles. The first-order valence-corrected chi connectivity index (χ1v) is 9.66. The van der Waals surface area contributed by atoms with Gasteiger partial charge in [0.2, 0.25) is 11.6 Å². The lowest BCUT2D eigenvalue weighted by Gasteiger charge is -2.11. The Morgan fingerprint density at radius 3 is 3.07 bits per heavy atom. The van der Waals surface area contributed by atoms with Crippen LogP contribution in [0.15, 0.2) is 36.7 Å². The van der Waals surface area contributed by atoms with Crippen molar-refractivity contribution in [2.45, 2.75) is 19.9 Å². The molecule has 0 unspecified atom stereocenters. The first-order valence-electron chi connectivity index (χ1n) is 9.66. The van der Waals surface area contributed by atoms with Crippen LogP contribution in [0.5, 0.6) is 5.75 Å². The monoisotopic (exact) mass is 405 g/mol. The lowest BCUT2D eigenvalue weighted by Crippen LogP contribution is -2.32. The van der Waals surface area contributed by atoms with Crippen molar-refractivity contribution >= 4 is 17.6 Å². The predicted octanol–water partition coefficient (Wildman–Crippen LogP) is 2.10. The third-order valence-electron chi connectivity index (χ3n) is 5.32. The van der Waals surface area contributed by atoms with Crippen LogP contribution < -0.4 is 14.7 Å². The molecule has 0 spiro atoms. The molecular formula is C21H21N6O3+. The first-order chi connectivity index (χ1) is 14.5. The smallest absolute Gasteiger partial charge is 0.356 e. The van der Waals surface area contributed by atoms with Crippen molar-refractivity contribution in [1.82, 2.24) is 19.5 Å². The van der Waals surface area contributed by atoms with Crippen LogP contribution in [-0.2, 0) is 20.0 Å². The van der Waals surface area contributed by atoms with Gasteiger partial charge in [-0.15, -0.1) is 4.68 Å². The minimum Gasteiger partial charge on any atom is -0.493 e. The number of hydrogen-bond donors (Lipinski definition) is 3. The molecule has 0 aliphatic carbocycles. The van der Waals surface area contributed by atoms with Crippen LogP contribution in [0.4, 0.5) is 5.95 Å². The minimum atomic E-state index is -1.08. The number of benzene rings is 1. The van der Waals surface area contributed by atoms with Crippen molar-refractivity contribution in [3.05, 3.63) is 59.2 Å². The number of carboxylic acids is 1. The van der Waals surface area contributed by atoms with Gasteiger partial charge in [-0.3, -0.25) is 4.40 Å². The zero-order valence-corrected chi connectivity index (χ0v) is 16.6. The number of carboxylic acid groups (broad SMARTS) is 1. The highest BCUT2D eigenvalue weighted by Gasteiger charge is 2.22. The Hall–Kier alpha value is -3.88. The number of H-pyrrole nitrogens is 1. The van der Waals surface area contributed by atoms with Crippen molar-refractivity contribution < 1.29 is 19.3 Å². The van der Waals surface area contributed by atoms with Crippen molar-refractivity contribution in [2.75, 3.05) is 11.9 Å². The molecule has 0 bridgehead atoms. The van der Waals surface area contributed by atoms with E-state index in [4.69, 9.17) is 4.74 Å². The van der Waals surface area contributed by atoms with Crippen LogP contribution in [0.3, 0.4) is 0 Å². The molecule has 0 fully saturated rings. The van der Waals surface area contributed by atoms with Crippen LogP contribution >= 0.6 is 0 Å². The second kappa shape index (κ2) is 6.87. The Morgan fingerprint density at radius 2 is 2.30 bits per heavy atom. The summed E-state index contributed by atoms with van der Waals surface area (Å²) in [6.45, 7) is 3.20. The molecule has 0 saturated carbocycles. The Kier molecular flexibility index (Phi) is 4.16. The molecule has 4 aromatic rings. The van der Waals surface area contributed by atoms with E-state index in [1.165, 1.54) is 11.8 Å². The minimum absolute atomic E-state index is 0.0313. The Bertz CT molecular complexity index is 1290. The average Bonchev–Trinajstić information content (AvgIpc) is 3.44. The van der Waals surface area contributed by atoms with Gasteiger partial charge < -0.3 is 15.2 Å². The number of aromatic amines is 1. The summed E-state index contributed by atoms with van der Waals surface area (Å²) in [4.78, 5) is 20.5. The topological polar surface area (TPSA) is 108 Å². The standard InChI is InChI=1S/C21H20N6O3/c1-12-8-17(26(2)25-12)15-10-23-21(27-11-16(20(28)29)24-19(15)27)22-9-13-4-3-5-18-14(13)6-7-30-18/h3-5,8,10-11H,6-7,9H2,1-2H3,(H2,22,23,24,25,28,29)/p+1. The molecule has 3 N–H and O–H groups in total. The molecular weight excluding hydrogens is 384 g/mol. The number of nitrogens with zero attached hydrogens (tertiary/aromatic N) is 4. The van der Waals surface area contributed by atoms with Crippen molar-refractivity contribution in [1.29, 1.82) is 0 Å². The zero-order chi connectivity index (χ0) is 20.8. The molecule has 1 aliphatic rings. The molecule has 30 heavy (non-hydrogen) atoms. The number of aromatic carboxylic acids is 1. The summed E-state index contributed by atoms with van der Waals surface area (Å²) in [5.41, 5.74) is 5.43. The number of aromatic nitrogens is 5. The summed E-state index contributed by atoms with van der Waals surface area (Å²) in [7, 11) is 1.89. The molecule has 9 heteroatoms. The Labute approximate surface area is 172 Å². The molecule has 152 valence electrons. The summed E-state index contributed by atoms with van der Waals surface area (Å²) < 4.78 is 9.20. The molecule has 3 aromatic heterocycles. The van der Waals surface area contributed by atoms with Gasteiger partial charge in [0.15, 0.2) is 18.4 Å². The number of nitrogens with one attached hydrogen (secondary N) is 2. The second-order valence-corrected chi connectivity index (χ2v) is 7.35. The maximum absolute atomic E-state index is 11.6. The van der Waals surface area contributed by atoms with E-state index >= 15 is 0 Å². The maximum Gasteiger partial charge on any atom is 0.356 e. The molecule has 5 rings (SSSR count). The number of anilines is 1. The van der Waals surface area contributed by atoms with Gasteiger partial charge in [-0.1, -0.05) is 12.1 Å². The fourth-order valence-electron chi connectivity index (χ4n) is 3.94. The summed E-state index contributed by atoms with van der Waals surface area (Å²) in [5, 5.41) is 16.0. The van der Waals surface area contributed by atoms with E-state index in [0.717, 1.165) is 34.7 Å². The number of hydrogen-bond acceptors (Lipinski definition) is 5. The summed E-state index contributed by atoms with van der Waals surface area (Å²) in [5.74, 6) is 0.373. The summed E-state index contributed by atoms with van der Waals surface area (Å²) >= 11 is 0. The third-order valence-corrected chi connectivity index (χ3v) is 5.32. The van der Waals surface area contributed by atoms with Gasteiger partial charge in [-0.2, -0.15) is 5.10 Å². The van der Waals surface area contributed by atoms with Gasteiger partial charge in [0.25, 0.3) is 0 Å². The Balaban J connectivity index is 1.56. The lowest BCUT2D eigenvalue weighted by molar-refractivity contribution is -0.716. The fraction of sp³-hybridized carbons (Fsp3) is 0.238. The number of aryl methyl sites for hydroxylation is 2. The van der Waals surface area contributed by atoms with E-state index in [-0.39, 0.29) is 5.69 Å². The zero-order valence-electron chi connectivity index (χ0n) is 16.6. The number of imidazole rings is 1. The van der Waals surface area contributed by atoms with Crippen LogP contribution in [0.1, 0.15) is 27.3 Å². The number of ether oxygens (including phenoxy) is 1. The molecule has 1 aliphatic heterocycles. The van der Waals surface area contributed by atoms with Crippen molar-refractivity contribution in [3.8, 4) is 17.0 Å². The van der Waals surface area contributed by atoms with Gasteiger partial charge in [0.1, 0.15) is 11.3 Å². The largest absolute Gasteiger partial charge is 0.493 e. The van der Waals surface area contributed by atoms with E-state index in [0.29, 0.717) is 24.7 Å². The highest BCUT2D eigenvalue weighted by Crippen LogP contribution is 2.29.